The monoisotopic (exact) mass is 257 g/mol. The van der Waals surface area contributed by atoms with Gasteiger partial charge >= 0.3 is 6.09 Å². The number of amides is 1. The first-order valence-electron chi connectivity index (χ1n) is 6.27. The average Bonchev–Trinajstić information content (AvgIpc) is 2.49. The Balaban J connectivity index is 0.000000250. The first-order chi connectivity index (χ1) is 9.33. The maximum absolute atomic E-state index is 10.9. The summed E-state index contributed by atoms with van der Waals surface area (Å²) in [6.07, 6.45) is -0.369. The van der Waals surface area contributed by atoms with Crippen molar-refractivity contribution in [1.82, 2.24) is 5.32 Å². The number of ether oxygens (including phenoxy) is 1. The van der Waals surface area contributed by atoms with Gasteiger partial charge < -0.3 is 10.1 Å². The second-order valence-corrected chi connectivity index (χ2v) is 3.71. The molecule has 0 radical (unpaired) electrons. The molecule has 0 saturated heterocycles. The molecule has 1 amide bonds. The van der Waals surface area contributed by atoms with E-state index >= 15 is 0 Å². The number of carbonyl (C=O) groups excluding carboxylic acids is 1. The minimum absolute atomic E-state index is 0.369. The molecular formula is C16H19NO2. The Bertz CT molecular complexity index is 416. The summed E-state index contributed by atoms with van der Waals surface area (Å²) in [5, 5.41) is 2.64. The van der Waals surface area contributed by atoms with Gasteiger partial charge in [0.15, 0.2) is 0 Å². The lowest BCUT2D eigenvalue weighted by Gasteiger charge is -2.04. The first kappa shape index (κ1) is 14.8. The molecule has 0 aliphatic carbocycles. The maximum Gasteiger partial charge on any atom is 0.407 e. The fourth-order valence-electron chi connectivity index (χ4n) is 1.34. The SMILES string of the molecule is CCOC(=O)NCc1ccccc1.c1ccccc1. The van der Waals surface area contributed by atoms with Gasteiger partial charge in [0, 0.05) is 6.54 Å². The van der Waals surface area contributed by atoms with Crippen LogP contribution in [0.25, 0.3) is 0 Å². The lowest BCUT2D eigenvalue weighted by Crippen LogP contribution is -2.23. The van der Waals surface area contributed by atoms with Crippen molar-refractivity contribution in [2.24, 2.45) is 0 Å². The highest BCUT2D eigenvalue weighted by Crippen LogP contribution is 1.97. The van der Waals surface area contributed by atoms with Crippen molar-refractivity contribution in [3.63, 3.8) is 0 Å². The van der Waals surface area contributed by atoms with E-state index in [9.17, 15) is 4.79 Å². The summed E-state index contributed by atoms with van der Waals surface area (Å²) in [6, 6.07) is 21.7. The highest BCUT2D eigenvalue weighted by Gasteiger charge is 1.98. The second kappa shape index (κ2) is 9.71. The van der Waals surface area contributed by atoms with E-state index in [0.717, 1.165) is 5.56 Å². The molecule has 0 saturated carbocycles. The zero-order valence-electron chi connectivity index (χ0n) is 11.1. The zero-order chi connectivity index (χ0) is 13.8. The molecule has 0 atom stereocenters. The minimum Gasteiger partial charge on any atom is -0.450 e. The molecule has 2 rings (SSSR count). The van der Waals surface area contributed by atoms with Gasteiger partial charge in [-0.15, -0.1) is 0 Å². The molecule has 3 nitrogen and oxygen atoms in total. The van der Waals surface area contributed by atoms with Crippen LogP contribution in [0.1, 0.15) is 12.5 Å². The predicted molar refractivity (Wildman–Crippen MR) is 76.7 cm³/mol. The third-order valence-electron chi connectivity index (χ3n) is 2.22. The summed E-state index contributed by atoms with van der Waals surface area (Å²) in [7, 11) is 0. The van der Waals surface area contributed by atoms with Gasteiger partial charge in [-0.1, -0.05) is 66.7 Å². The van der Waals surface area contributed by atoms with E-state index in [4.69, 9.17) is 4.74 Å². The van der Waals surface area contributed by atoms with Crippen LogP contribution in [0, 0.1) is 0 Å². The van der Waals surface area contributed by atoms with Gasteiger partial charge in [-0.05, 0) is 12.5 Å². The van der Waals surface area contributed by atoms with E-state index in [1.807, 2.05) is 66.7 Å². The highest BCUT2D eigenvalue weighted by atomic mass is 16.5. The molecule has 19 heavy (non-hydrogen) atoms. The number of rotatable bonds is 3. The fourth-order valence-corrected chi connectivity index (χ4v) is 1.34. The lowest BCUT2D eigenvalue weighted by molar-refractivity contribution is 0.151. The highest BCUT2D eigenvalue weighted by molar-refractivity contribution is 5.67. The van der Waals surface area contributed by atoms with Crippen LogP contribution in [0.5, 0.6) is 0 Å². The first-order valence-corrected chi connectivity index (χ1v) is 6.27. The Morgan fingerprint density at radius 3 is 1.89 bits per heavy atom. The van der Waals surface area contributed by atoms with E-state index < -0.39 is 0 Å². The number of hydrogen-bond acceptors (Lipinski definition) is 2. The van der Waals surface area contributed by atoms with Crippen molar-refractivity contribution in [1.29, 1.82) is 0 Å². The van der Waals surface area contributed by atoms with Gasteiger partial charge in [0.05, 0.1) is 6.61 Å². The van der Waals surface area contributed by atoms with Crippen molar-refractivity contribution in [3.05, 3.63) is 72.3 Å². The molecule has 100 valence electrons. The smallest absolute Gasteiger partial charge is 0.407 e. The summed E-state index contributed by atoms with van der Waals surface area (Å²) < 4.78 is 4.71. The van der Waals surface area contributed by atoms with Gasteiger partial charge in [0.2, 0.25) is 0 Å². The number of hydrogen-bond donors (Lipinski definition) is 1. The molecule has 2 aromatic carbocycles. The summed E-state index contributed by atoms with van der Waals surface area (Å²) in [6.45, 7) is 2.70. The Labute approximate surface area is 114 Å². The van der Waals surface area contributed by atoms with Crippen LogP contribution in [0.15, 0.2) is 66.7 Å². The fraction of sp³-hybridized carbons (Fsp3) is 0.188. The molecule has 1 N–H and O–H groups in total. The van der Waals surface area contributed by atoms with Gasteiger partial charge in [-0.25, -0.2) is 4.79 Å². The Morgan fingerprint density at radius 1 is 0.947 bits per heavy atom. The van der Waals surface area contributed by atoms with E-state index in [2.05, 4.69) is 5.32 Å². The lowest BCUT2D eigenvalue weighted by atomic mass is 10.2. The number of alkyl carbamates (subject to hydrolysis) is 1. The number of carbonyl (C=O) groups is 1. The van der Waals surface area contributed by atoms with Crippen molar-refractivity contribution in [2.45, 2.75) is 13.5 Å². The number of benzene rings is 2. The van der Waals surface area contributed by atoms with E-state index in [1.54, 1.807) is 6.92 Å². The zero-order valence-corrected chi connectivity index (χ0v) is 11.1. The molecule has 0 aliphatic heterocycles. The molecule has 0 fully saturated rings. The molecule has 3 heteroatoms. The van der Waals surface area contributed by atoms with Crippen molar-refractivity contribution in [3.8, 4) is 0 Å². The normalized spacial score (nSPS) is 8.89. The molecule has 0 heterocycles. The van der Waals surface area contributed by atoms with E-state index in [-0.39, 0.29) is 6.09 Å². The van der Waals surface area contributed by atoms with Crippen LogP contribution in [0.4, 0.5) is 4.79 Å². The van der Waals surface area contributed by atoms with Gasteiger partial charge in [-0.2, -0.15) is 0 Å². The van der Waals surface area contributed by atoms with Crippen LogP contribution in [-0.4, -0.2) is 12.7 Å². The third kappa shape index (κ3) is 7.60. The maximum atomic E-state index is 10.9. The van der Waals surface area contributed by atoms with Crippen LogP contribution < -0.4 is 5.32 Å². The summed E-state index contributed by atoms with van der Waals surface area (Å²) in [5.74, 6) is 0. The van der Waals surface area contributed by atoms with Crippen molar-refractivity contribution < 1.29 is 9.53 Å². The van der Waals surface area contributed by atoms with Gasteiger partial charge in [0.1, 0.15) is 0 Å². The molecule has 0 aromatic heterocycles. The van der Waals surface area contributed by atoms with E-state index in [1.165, 1.54) is 0 Å². The Morgan fingerprint density at radius 2 is 1.42 bits per heavy atom. The van der Waals surface area contributed by atoms with Crippen LogP contribution in [0.3, 0.4) is 0 Å². The topological polar surface area (TPSA) is 38.3 Å². The second-order valence-electron chi connectivity index (χ2n) is 3.71. The molecule has 0 unspecified atom stereocenters. The van der Waals surface area contributed by atoms with Crippen molar-refractivity contribution >= 4 is 6.09 Å². The van der Waals surface area contributed by atoms with Crippen LogP contribution >= 0.6 is 0 Å². The quantitative estimate of drug-likeness (QED) is 0.912. The summed E-state index contributed by atoms with van der Waals surface area (Å²) in [5.41, 5.74) is 1.07. The molecule has 0 aliphatic rings. The molecule has 0 spiro atoms. The minimum atomic E-state index is -0.369. The summed E-state index contributed by atoms with van der Waals surface area (Å²) >= 11 is 0. The standard InChI is InChI=1S/C10H13NO2.C6H6/c1-2-13-10(12)11-8-9-6-4-3-5-7-9;1-2-4-6-5-3-1/h3-7H,2,8H2,1H3,(H,11,12);1-6H. The van der Waals surface area contributed by atoms with Crippen LogP contribution in [0.2, 0.25) is 0 Å². The third-order valence-corrected chi connectivity index (χ3v) is 2.22. The average molecular weight is 257 g/mol. The predicted octanol–water partition coefficient (Wildman–Crippen LogP) is 3.62. The largest absolute Gasteiger partial charge is 0.450 e. The number of nitrogens with one attached hydrogen (secondary N) is 1. The van der Waals surface area contributed by atoms with Gasteiger partial charge in [-0.3, -0.25) is 0 Å². The summed E-state index contributed by atoms with van der Waals surface area (Å²) in [4.78, 5) is 10.9. The molecule has 2 aromatic rings. The van der Waals surface area contributed by atoms with Crippen molar-refractivity contribution in [2.75, 3.05) is 6.61 Å². The van der Waals surface area contributed by atoms with Crippen LogP contribution in [-0.2, 0) is 11.3 Å². The molecular weight excluding hydrogens is 238 g/mol. The Kier molecular flexibility index (Phi) is 7.55. The Hall–Kier alpha value is -2.29. The molecule has 0 bridgehead atoms. The van der Waals surface area contributed by atoms with Gasteiger partial charge in [0.25, 0.3) is 0 Å². The van der Waals surface area contributed by atoms with E-state index in [0.29, 0.717) is 13.2 Å².